The fourth-order valence-electron chi connectivity index (χ4n) is 4.56. The summed E-state index contributed by atoms with van der Waals surface area (Å²) in [5, 5.41) is 8.04. The van der Waals surface area contributed by atoms with Crippen molar-refractivity contribution in [2.24, 2.45) is 10.2 Å². The molecule has 0 unspecified atom stereocenters. The van der Waals surface area contributed by atoms with Crippen molar-refractivity contribution in [2.75, 3.05) is 0 Å². The lowest BCUT2D eigenvalue weighted by atomic mass is 10.1. The Bertz CT molecular complexity index is 1580. The molecule has 0 saturated carbocycles. The van der Waals surface area contributed by atoms with Gasteiger partial charge in [-0.15, -0.1) is 0 Å². The highest BCUT2D eigenvalue weighted by molar-refractivity contribution is 5.94. The van der Waals surface area contributed by atoms with Crippen molar-refractivity contribution >= 4 is 36.2 Å². The number of hydrogen-bond acceptors (Lipinski definition) is 8. The number of nitrogens with one attached hydrogen (secondary N) is 2. The summed E-state index contributed by atoms with van der Waals surface area (Å²) in [6.07, 6.45) is 8.73. The minimum Gasteiger partial charge on any atom is -0.422 e. The largest absolute Gasteiger partial charge is 0.422 e. The summed E-state index contributed by atoms with van der Waals surface area (Å²) in [5.41, 5.74) is 7.06. The van der Waals surface area contributed by atoms with Crippen molar-refractivity contribution in [3.8, 4) is 11.5 Å². The summed E-state index contributed by atoms with van der Waals surface area (Å²) in [4.78, 5) is 49.2. The van der Waals surface area contributed by atoms with Crippen LogP contribution in [0, 0.1) is 0 Å². The second-order valence-electron chi connectivity index (χ2n) is 10.8. The number of esters is 2. The average molecular weight is 647 g/mol. The number of ether oxygens (including phenoxy) is 2. The summed E-state index contributed by atoms with van der Waals surface area (Å²) in [7, 11) is 0. The monoisotopic (exact) mass is 646 g/mol. The molecule has 10 heteroatoms. The molecule has 0 bridgehead atoms. The Balaban J connectivity index is 1.05. The van der Waals surface area contributed by atoms with E-state index < -0.39 is 11.9 Å². The van der Waals surface area contributed by atoms with E-state index in [9.17, 15) is 19.2 Å². The molecule has 0 aromatic heterocycles. The van der Waals surface area contributed by atoms with Crippen LogP contribution >= 0.6 is 0 Å². The van der Waals surface area contributed by atoms with Crippen LogP contribution in [0.2, 0.25) is 0 Å². The summed E-state index contributed by atoms with van der Waals surface area (Å²) in [6.45, 7) is 0. The highest BCUT2D eigenvalue weighted by Gasteiger charge is 2.12. The Hall–Kier alpha value is -5.90. The summed E-state index contributed by atoms with van der Waals surface area (Å²) >= 11 is 0. The van der Waals surface area contributed by atoms with Gasteiger partial charge in [-0.3, -0.25) is 9.59 Å². The van der Waals surface area contributed by atoms with Gasteiger partial charge in [-0.2, -0.15) is 10.2 Å². The van der Waals surface area contributed by atoms with Crippen LogP contribution < -0.4 is 20.3 Å². The lowest BCUT2D eigenvalue weighted by molar-refractivity contribution is -0.122. The van der Waals surface area contributed by atoms with Crippen molar-refractivity contribution in [3.05, 3.63) is 131 Å². The van der Waals surface area contributed by atoms with Crippen molar-refractivity contribution in [2.45, 2.75) is 51.4 Å². The van der Waals surface area contributed by atoms with Crippen molar-refractivity contribution in [1.82, 2.24) is 10.9 Å². The lowest BCUT2D eigenvalue weighted by Crippen LogP contribution is -2.17. The lowest BCUT2D eigenvalue weighted by Gasteiger charge is -2.07. The molecule has 4 rings (SSSR count). The average Bonchev–Trinajstić information content (AvgIpc) is 3.11. The predicted molar refractivity (Wildman–Crippen MR) is 184 cm³/mol. The van der Waals surface area contributed by atoms with Crippen LogP contribution in [0.4, 0.5) is 0 Å². The standard InChI is InChI=1S/C38H38N4O6/c43-35(41-39-27-31-21-13-15-23-33(31)47-37(45)29-17-7-5-8-18-29)25-11-3-1-2-4-12-26-36(44)42-40-28-32-22-14-16-24-34(32)48-38(46)30-19-9-6-10-20-30/h5-10,13-24,27-28H,1-4,11-12,25-26H2,(H,41,43)(H,42,44)/b39-27+,40-28+. The molecular weight excluding hydrogens is 608 g/mol. The van der Waals surface area contributed by atoms with E-state index in [2.05, 4.69) is 21.1 Å². The van der Waals surface area contributed by atoms with Gasteiger partial charge in [-0.1, -0.05) is 86.3 Å². The molecule has 246 valence electrons. The van der Waals surface area contributed by atoms with E-state index in [4.69, 9.17) is 9.47 Å². The zero-order valence-corrected chi connectivity index (χ0v) is 26.5. The number of para-hydroxylation sites is 2. The van der Waals surface area contributed by atoms with Crippen LogP contribution in [0.1, 0.15) is 83.2 Å². The van der Waals surface area contributed by atoms with E-state index in [1.165, 1.54) is 12.4 Å². The van der Waals surface area contributed by atoms with E-state index in [-0.39, 0.29) is 11.8 Å². The normalized spacial score (nSPS) is 10.9. The van der Waals surface area contributed by atoms with Crippen LogP contribution in [0.5, 0.6) is 11.5 Å². The second kappa shape index (κ2) is 19.6. The predicted octanol–water partition coefficient (Wildman–Crippen LogP) is 6.85. The molecule has 0 aliphatic rings. The van der Waals surface area contributed by atoms with Crippen molar-refractivity contribution < 1.29 is 28.7 Å². The zero-order chi connectivity index (χ0) is 33.8. The van der Waals surface area contributed by atoms with Crippen molar-refractivity contribution in [3.63, 3.8) is 0 Å². The Morgan fingerprint density at radius 1 is 0.479 bits per heavy atom. The fraction of sp³-hybridized carbons (Fsp3) is 0.211. The molecule has 10 nitrogen and oxygen atoms in total. The molecular formula is C38H38N4O6. The molecule has 0 heterocycles. The minimum atomic E-state index is -0.475. The fourth-order valence-corrected chi connectivity index (χ4v) is 4.56. The smallest absolute Gasteiger partial charge is 0.343 e. The van der Waals surface area contributed by atoms with Gasteiger partial charge in [0.2, 0.25) is 11.8 Å². The minimum absolute atomic E-state index is 0.195. The van der Waals surface area contributed by atoms with E-state index in [1.807, 2.05) is 12.1 Å². The van der Waals surface area contributed by atoms with Crippen LogP contribution in [0.3, 0.4) is 0 Å². The summed E-state index contributed by atoms with van der Waals surface area (Å²) in [6, 6.07) is 31.3. The third-order valence-corrected chi connectivity index (χ3v) is 7.11. The molecule has 48 heavy (non-hydrogen) atoms. The number of hydrogen-bond donors (Lipinski definition) is 2. The van der Waals surface area contributed by atoms with Gasteiger partial charge in [0.05, 0.1) is 23.6 Å². The van der Waals surface area contributed by atoms with Crippen LogP contribution in [-0.4, -0.2) is 36.2 Å². The maximum Gasteiger partial charge on any atom is 0.343 e. The molecule has 0 saturated heterocycles. The van der Waals surface area contributed by atoms with Gasteiger partial charge < -0.3 is 9.47 Å². The molecule has 0 aliphatic carbocycles. The number of carbonyl (C=O) groups excluding carboxylic acids is 4. The van der Waals surface area contributed by atoms with Gasteiger partial charge in [0.1, 0.15) is 11.5 Å². The van der Waals surface area contributed by atoms with Crippen molar-refractivity contribution in [1.29, 1.82) is 0 Å². The van der Waals surface area contributed by atoms with Gasteiger partial charge in [0.15, 0.2) is 0 Å². The number of nitrogens with zero attached hydrogens (tertiary/aromatic N) is 2. The van der Waals surface area contributed by atoms with Crippen LogP contribution in [-0.2, 0) is 9.59 Å². The third-order valence-electron chi connectivity index (χ3n) is 7.11. The maximum absolute atomic E-state index is 12.4. The number of carbonyl (C=O) groups is 4. The molecule has 0 atom stereocenters. The van der Waals surface area contributed by atoms with Gasteiger partial charge in [0.25, 0.3) is 0 Å². The van der Waals surface area contributed by atoms with E-state index >= 15 is 0 Å². The number of amides is 2. The maximum atomic E-state index is 12.4. The highest BCUT2D eigenvalue weighted by atomic mass is 16.5. The van der Waals surface area contributed by atoms with Gasteiger partial charge >= 0.3 is 11.9 Å². The quantitative estimate of drug-likeness (QED) is 0.0424. The number of rotatable bonds is 17. The van der Waals surface area contributed by atoms with Crippen LogP contribution in [0.15, 0.2) is 119 Å². The summed E-state index contributed by atoms with van der Waals surface area (Å²) in [5.74, 6) is -0.647. The third kappa shape index (κ3) is 12.1. The number of benzene rings is 4. The van der Waals surface area contributed by atoms with Gasteiger partial charge in [-0.05, 0) is 61.4 Å². The van der Waals surface area contributed by atoms with E-state index in [0.29, 0.717) is 46.6 Å². The SMILES string of the molecule is O=C(CCCCCCCCC(=O)N/N=C/c1ccccc1OC(=O)c1ccccc1)N/N=C/c1ccccc1OC(=O)c1ccccc1. The van der Waals surface area contributed by atoms with Gasteiger partial charge in [0, 0.05) is 24.0 Å². The van der Waals surface area contributed by atoms with E-state index in [1.54, 1.807) is 97.1 Å². The molecule has 2 N–H and O–H groups in total. The first-order valence-electron chi connectivity index (χ1n) is 15.9. The Labute approximate surface area is 279 Å². The Morgan fingerprint density at radius 3 is 1.25 bits per heavy atom. The first-order valence-corrected chi connectivity index (χ1v) is 15.9. The van der Waals surface area contributed by atoms with Crippen LogP contribution in [0.25, 0.3) is 0 Å². The molecule has 0 spiro atoms. The number of unbranched alkanes of at least 4 members (excludes halogenated alkanes) is 5. The highest BCUT2D eigenvalue weighted by Crippen LogP contribution is 2.19. The topological polar surface area (TPSA) is 136 Å². The first kappa shape index (κ1) is 35.0. The molecule has 2 amide bonds. The summed E-state index contributed by atoms with van der Waals surface area (Å²) < 4.78 is 11.0. The molecule has 0 radical (unpaired) electrons. The zero-order valence-electron chi connectivity index (χ0n) is 26.5. The molecule has 4 aromatic carbocycles. The second-order valence-corrected chi connectivity index (χ2v) is 10.8. The Kier molecular flexibility index (Phi) is 14.3. The van der Waals surface area contributed by atoms with Gasteiger partial charge in [-0.25, -0.2) is 20.4 Å². The molecule has 0 aliphatic heterocycles. The molecule has 0 fully saturated rings. The first-order chi connectivity index (χ1) is 23.5. The molecule has 4 aromatic rings. The number of hydrazone groups is 2. The van der Waals surface area contributed by atoms with E-state index in [0.717, 1.165) is 38.5 Å². The Morgan fingerprint density at radius 2 is 0.833 bits per heavy atom.